The zero-order valence-electron chi connectivity index (χ0n) is 12.2. The number of hydrogen-bond donors (Lipinski definition) is 0. The maximum Gasteiger partial charge on any atom is 0.422 e. The first-order valence-corrected chi connectivity index (χ1v) is 7.33. The van der Waals surface area contributed by atoms with Crippen LogP contribution in [0.15, 0.2) is 18.2 Å². The second-order valence-electron chi connectivity index (χ2n) is 4.68. The summed E-state index contributed by atoms with van der Waals surface area (Å²) >= 11 is 5.90. The van der Waals surface area contributed by atoms with Crippen LogP contribution in [0.25, 0.3) is 0 Å². The standard InChI is InChI=1S/C15H18ClF3O3/c1-2-21-14(20)6-4-3-5-11-7-8-13(12(16)9-11)22-10-15(17,18)19/h7-9H,2-6,10H2,1H3. The van der Waals surface area contributed by atoms with Gasteiger partial charge in [0, 0.05) is 6.42 Å². The van der Waals surface area contributed by atoms with E-state index >= 15 is 0 Å². The van der Waals surface area contributed by atoms with Gasteiger partial charge in [0.1, 0.15) is 5.75 Å². The van der Waals surface area contributed by atoms with E-state index in [1.165, 1.54) is 6.07 Å². The molecule has 1 aromatic carbocycles. The van der Waals surface area contributed by atoms with Gasteiger partial charge in [-0.3, -0.25) is 4.79 Å². The third-order valence-electron chi connectivity index (χ3n) is 2.79. The summed E-state index contributed by atoms with van der Waals surface area (Å²) in [6.45, 7) is 0.752. The van der Waals surface area contributed by atoms with E-state index in [0.717, 1.165) is 12.0 Å². The van der Waals surface area contributed by atoms with E-state index in [-0.39, 0.29) is 16.7 Å². The Morgan fingerprint density at radius 2 is 2.00 bits per heavy atom. The molecule has 0 bridgehead atoms. The van der Waals surface area contributed by atoms with Crippen LogP contribution in [0.2, 0.25) is 5.02 Å². The highest BCUT2D eigenvalue weighted by Gasteiger charge is 2.28. The molecular weight excluding hydrogens is 321 g/mol. The molecule has 3 nitrogen and oxygen atoms in total. The Hall–Kier alpha value is -1.43. The van der Waals surface area contributed by atoms with Gasteiger partial charge in [-0.2, -0.15) is 13.2 Å². The second-order valence-corrected chi connectivity index (χ2v) is 5.09. The van der Waals surface area contributed by atoms with Gasteiger partial charge in [0.2, 0.25) is 0 Å². The lowest BCUT2D eigenvalue weighted by molar-refractivity contribution is -0.153. The van der Waals surface area contributed by atoms with Crippen molar-refractivity contribution < 1.29 is 27.4 Å². The maximum absolute atomic E-state index is 12.1. The molecule has 0 aliphatic carbocycles. The molecule has 0 unspecified atom stereocenters. The van der Waals surface area contributed by atoms with Gasteiger partial charge >= 0.3 is 12.1 Å². The Kier molecular flexibility index (Phi) is 7.51. The first-order valence-electron chi connectivity index (χ1n) is 6.95. The van der Waals surface area contributed by atoms with Crippen molar-refractivity contribution in [2.75, 3.05) is 13.2 Å². The number of benzene rings is 1. The Morgan fingerprint density at radius 3 is 2.59 bits per heavy atom. The number of alkyl halides is 3. The average Bonchev–Trinajstić information content (AvgIpc) is 2.42. The quantitative estimate of drug-likeness (QED) is 0.515. The predicted molar refractivity (Wildman–Crippen MR) is 77.2 cm³/mol. The van der Waals surface area contributed by atoms with E-state index in [1.54, 1.807) is 19.1 Å². The summed E-state index contributed by atoms with van der Waals surface area (Å²) in [6.07, 6.45) is -1.91. The highest BCUT2D eigenvalue weighted by atomic mass is 35.5. The highest BCUT2D eigenvalue weighted by Crippen LogP contribution is 2.28. The molecule has 0 saturated heterocycles. The zero-order valence-corrected chi connectivity index (χ0v) is 13.0. The van der Waals surface area contributed by atoms with Gasteiger partial charge in [-0.05, 0) is 43.9 Å². The van der Waals surface area contributed by atoms with Crippen molar-refractivity contribution in [3.8, 4) is 5.75 Å². The monoisotopic (exact) mass is 338 g/mol. The summed E-state index contributed by atoms with van der Waals surface area (Å²) < 4.78 is 45.7. The summed E-state index contributed by atoms with van der Waals surface area (Å²) in [5, 5.41) is 0.146. The molecule has 0 N–H and O–H groups in total. The van der Waals surface area contributed by atoms with Crippen LogP contribution in [0, 0.1) is 0 Å². The molecule has 0 spiro atoms. The van der Waals surface area contributed by atoms with Crippen LogP contribution >= 0.6 is 11.6 Å². The van der Waals surface area contributed by atoms with Crippen molar-refractivity contribution in [2.45, 2.75) is 38.8 Å². The smallest absolute Gasteiger partial charge is 0.422 e. The molecule has 7 heteroatoms. The van der Waals surface area contributed by atoms with E-state index in [4.69, 9.17) is 16.3 Å². The minimum atomic E-state index is -4.39. The third kappa shape index (κ3) is 7.54. The van der Waals surface area contributed by atoms with E-state index in [9.17, 15) is 18.0 Å². The Balaban J connectivity index is 2.40. The van der Waals surface area contributed by atoms with Gasteiger partial charge in [0.15, 0.2) is 6.61 Å². The lowest BCUT2D eigenvalue weighted by Gasteiger charge is -2.11. The predicted octanol–water partition coefficient (Wildman–Crippen LogP) is 4.56. The van der Waals surface area contributed by atoms with Crippen molar-refractivity contribution in [1.82, 2.24) is 0 Å². The zero-order chi connectivity index (χ0) is 16.6. The Bertz CT molecular complexity index is 489. The summed E-state index contributed by atoms with van der Waals surface area (Å²) in [5.74, 6) is -0.217. The minimum absolute atomic E-state index is 0.00858. The lowest BCUT2D eigenvalue weighted by atomic mass is 10.1. The molecule has 0 saturated carbocycles. The molecule has 0 aromatic heterocycles. The van der Waals surface area contributed by atoms with Gasteiger partial charge in [0.05, 0.1) is 11.6 Å². The van der Waals surface area contributed by atoms with Gasteiger partial charge in [-0.25, -0.2) is 0 Å². The molecule has 1 aromatic rings. The molecule has 124 valence electrons. The molecule has 0 radical (unpaired) electrons. The normalized spacial score (nSPS) is 11.3. The number of halogens is 4. The van der Waals surface area contributed by atoms with Crippen molar-refractivity contribution >= 4 is 17.6 Å². The molecule has 0 aliphatic rings. The molecule has 0 fully saturated rings. The van der Waals surface area contributed by atoms with Crippen molar-refractivity contribution in [3.63, 3.8) is 0 Å². The fourth-order valence-electron chi connectivity index (χ4n) is 1.81. The van der Waals surface area contributed by atoms with Gasteiger partial charge in [-0.1, -0.05) is 17.7 Å². The number of rotatable bonds is 8. The van der Waals surface area contributed by atoms with Crippen LogP contribution in [0.1, 0.15) is 31.7 Å². The molecule has 1 rings (SSSR count). The van der Waals surface area contributed by atoms with E-state index in [0.29, 0.717) is 25.9 Å². The van der Waals surface area contributed by atoms with Crippen LogP contribution in [0.3, 0.4) is 0 Å². The lowest BCUT2D eigenvalue weighted by Crippen LogP contribution is -2.19. The topological polar surface area (TPSA) is 35.5 Å². The van der Waals surface area contributed by atoms with Crippen LogP contribution in [0.5, 0.6) is 5.75 Å². The third-order valence-corrected chi connectivity index (χ3v) is 3.08. The first-order chi connectivity index (χ1) is 10.3. The largest absolute Gasteiger partial charge is 0.483 e. The number of hydrogen-bond acceptors (Lipinski definition) is 3. The second kappa shape index (κ2) is 8.88. The van der Waals surface area contributed by atoms with Crippen LogP contribution in [0.4, 0.5) is 13.2 Å². The van der Waals surface area contributed by atoms with Crippen LogP contribution in [-0.2, 0) is 16.0 Å². The fourth-order valence-corrected chi connectivity index (χ4v) is 2.07. The van der Waals surface area contributed by atoms with Crippen molar-refractivity contribution in [3.05, 3.63) is 28.8 Å². The molecule has 0 aliphatic heterocycles. The maximum atomic E-state index is 12.1. The summed E-state index contributed by atoms with van der Waals surface area (Å²) in [5.41, 5.74) is 0.883. The first kappa shape index (κ1) is 18.6. The molecule has 0 atom stereocenters. The summed E-state index contributed by atoms with van der Waals surface area (Å²) in [4.78, 5) is 11.2. The molecule has 0 heterocycles. The Labute approximate surface area is 132 Å². The summed E-state index contributed by atoms with van der Waals surface area (Å²) in [7, 11) is 0. The van der Waals surface area contributed by atoms with Crippen LogP contribution in [-0.4, -0.2) is 25.4 Å². The van der Waals surface area contributed by atoms with E-state index in [1.807, 2.05) is 0 Å². The van der Waals surface area contributed by atoms with Crippen molar-refractivity contribution in [1.29, 1.82) is 0 Å². The highest BCUT2D eigenvalue weighted by molar-refractivity contribution is 6.32. The number of unbranched alkanes of at least 4 members (excludes halogenated alkanes) is 1. The number of ether oxygens (including phenoxy) is 2. The van der Waals surface area contributed by atoms with E-state index in [2.05, 4.69) is 4.74 Å². The van der Waals surface area contributed by atoms with Crippen LogP contribution < -0.4 is 4.74 Å². The summed E-state index contributed by atoms with van der Waals surface area (Å²) in [6, 6.07) is 4.67. The Morgan fingerprint density at radius 1 is 1.27 bits per heavy atom. The number of aryl methyl sites for hydroxylation is 1. The molecule has 22 heavy (non-hydrogen) atoms. The number of esters is 1. The van der Waals surface area contributed by atoms with Gasteiger partial charge in [0.25, 0.3) is 0 Å². The SMILES string of the molecule is CCOC(=O)CCCCc1ccc(OCC(F)(F)F)c(Cl)c1. The molecule has 0 amide bonds. The van der Waals surface area contributed by atoms with E-state index < -0.39 is 12.8 Å². The average molecular weight is 339 g/mol. The van der Waals surface area contributed by atoms with Gasteiger partial charge in [-0.15, -0.1) is 0 Å². The fraction of sp³-hybridized carbons (Fsp3) is 0.533. The molecular formula is C15H18ClF3O3. The minimum Gasteiger partial charge on any atom is -0.483 e. The number of carbonyl (C=O) groups is 1. The van der Waals surface area contributed by atoms with Gasteiger partial charge < -0.3 is 9.47 Å². The number of carbonyl (C=O) groups excluding carboxylic acids is 1. The van der Waals surface area contributed by atoms with Crippen molar-refractivity contribution in [2.24, 2.45) is 0 Å².